The Morgan fingerprint density at radius 1 is 1.22 bits per heavy atom. The Morgan fingerprint density at radius 2 is 1.97 bits per heavy atom. The van der Waals surface area contributed by atoms with Gasteiger partial charge in [0.25, 0.3) is 0 Å². The highest BCUT2D eigenvalue weighted by Gasteiger charge is 2.48. The maximum Gasteiger partial charge on any atom is 0.393 e. The lowest BCUT2D eigenvalue weighted by Gasteiger charge is -2.38. The van der Waals surface area contributed by atoms with Gasteiger partial charge in [0.05, 0.1) is 41.4 Å². The van der Waals surface area contributed by atoms with E-state index >= 15 is 0 Å². The number of hydrogen-bond acceptors (Lipinski definition) is 6. The van der Waals surface area contributed by atoms with Crippen LogP contribution >= 0.6 is 23.2 Å². The number of hydrogen-bond donors (Lipinski definition) is 1. The summed E-state index contributed by atoms with van der Waals surface area (Å²) >= 11 is 12.8. The van der Waals surface area contributed by atoms with Gasteiger partial charge in [-0.15, -0.1) is 0 Å². The van der Waals surface area contributed by atoms with Crippen LogP contribution in [0.1, 0.15) is 26.2 Å². The lowest BCUT2D eigenvalue weighted by atomic mass is 9.96. The lowest BCUT2D eigenvalue weighted by molar-refractivity contribution is -0.169. The van der Waals surface area contributed by atoms with Gasteiger partial charge in [0, 0.05) is 49.8 Å². The number of benzene rings is 1. The van der Waals surface area contributed by atoms with Crippen molar-refractivity contribution in [3.63, 3.8) is 0 Å². The number of aromatic nitrogens is 1. The summed E-state index contributed by atoms with van der Waals surface area (Å²) in [5.74, 6) is -1.71. The first-order chi connectivity index (χ1) is 17.5. The zero-order valence-corrected chi connectivity index (χ0v) is 21.9. The summed E-state index contributed by atoms with van der Waals surface area (Å²) in [6, 6.07) is 5.85. The molecular weight excluding hydrogens is 534 g/mol. The maximum absolute atomic E-state index is 13.4. The molecule has 4 atom stereocenters. The van der Waals surface area contributed by atoms with Crippen LogP contribution in [0.4, 0.5) is 24.5 Å². The van der Waals surface area contributed by atoms with E-state index in [1.165, 1.54) is 4.90 Å². The molecule has 0 bridgehead atoms. The standard InChI is InChI=1S/C25H28Cl2F3N3O4/c1-14-12-32(20-10-23(36-2)31-11-19(20)27)6-5-21(14)37-22-4-3-16(8-18(22)26)33-13-15(25(28,29)30)7-17(33)9-24(34)35/h3-4,8,10-11,14-15,17,21H,5-7,9,12-13H2,1-2H3,(H,34,35)/t14?,15-,17-,21?/m1/s1. The van der Waals surface area contributed by atoms with E-state index in [-0.39, 0.29) is 36.4 Å². The summed E-state index contributed by atoms with van der Waals surface area (Å²) in [7, 11) is 1.54. The minimum atomic E-state index is -4.39. The van der Waals surface area contributed by atoms with Gasteiger partial charge in [0.1, 0.15) is 11.9 Å². The van der Waals surface area contributed by atoms with Crippen molar-refractivity contribution in [1.29, 1.82) is 0 Å². The van der Waals surface area contributed by atoms with Gasteiger partial charge in [-0.2, -0.15) is 13.2 Å². The van der Waals surface area contributed by atoms with Crippen LogP contribution in [0.3, 0.4) is 0 Å². The molecule has 2 aliphatic heterocycles. The molecular formula is C25H28Cl2F3N3O4. The summed E-state index contributed by atoms with van der Waals surface area (Å²) in [6.07, 6.45) is -2.93. The monoisotopic (exact) mass is 561 g/mol. The smallest absolute Gasteiger partial charge is 0.393 e. The molecule has 2 fully saturated rings. The van der Waals surface area contributed by atoms with Gasteiger partial charge in [-0.25, -0.2) is 4.98 Å². The molecule has 1 aromatic carbocycles. The lowest BCUT2D eigenvalue weighted by Crippen LogP contribution is -2.44. The van der Waals surface area contributed by atoms with Crippen molar-refractivity contribution in [3.8, 4) is 11.6 Å². The fourth-order valence-electron chi connectivity index (χ4n) is 5.07. The topological polar surface area (TPSA) is 75.1 Å². The van der Waals surface area contributed by atoms with Crippen LogP contribution in [-0.4, -0.2) is 61.1 Å². The van der Waals surface area contributed by atoms with Crippen molar-refractivity contribution in [3.05, 3.63) is 40.5 Å². The van der Waals surface area contributed by atoms with Crippen molar-refractivity contribution in [1.82, 2.24) is 4.98 Å². The molecule has 2 aromatic rings. The molecule has 37 heavy (non-hydrogen) atoms. The Labute approximate surface area is 223 Å². The van der Waals surface area contributed by atoms with E-state index in [1.54, 1.807) is 37.6 Å². The molecule has 0 spiro atoms. The Balaban J connectivity index is 1.44. The van der Waals surface area contributed by atoms with Crippen molar-refractivity contribution < 1.29 is 32.5 Å². The Hall–Kier alpha value is -2.59. The third-order valence-electron chi connectivity index (χ3n) is 7.00. The fraction of sp³-hybridized carbons (Fsp3) is 0.520. The average molecular weight is 562 g/mol. The number of piperidine rings is 1. The number of pyridine rings is 1. The molecule has 7 nitrogen and oxygen atoms in total. The van der Waals surface area contributed by atoms with Gasteiger partial charge in [-0.1, -0.05) is 30.1 Å². The van der Waals surface area contributed by atoms with Crippen LogP contribution in [0.15, 0.2) is 30.5 Å². The zero-order chi connectivity index (χ0) is 26.9. The summed E-state index contributed by atoms with van der Waals surface area (Å²) in [5, 5.41) is 9.98. The Kier molecular flexibility index (Phi) is 8.18. The van der Waals surface area contributed by atoms with E-state index in [9.17, 15) is 23.1 Å². The molecule has 0 amide bonds. The predicted octanol–water partition coefficient (Wildman–Crippen LogP) is 5.92. The maximum atomic E-state index is 13.4. The number of alkyl halides is 3. The van der Waals surface area contributed by atoms with E-state index in [0.29, 0.717) is 41.8 Å². The van der Waals surface area contributed by atoms with Gasteiger partial charge in [-0.05, 0) is 24.6 Å². The van der Waals surface area contributed by atoms with E-state index in [2.05, 4.69) is 16.8 Å². The number of anilines is 2. The molecule has 202 valence electrons. The first kappa shape index (κ1) is 27.4. The third-order valence-corrected chi connectivity index (χ3v) is 7.59. The number of carboxylic acids is 1. The second-order valence-corrected chi connectivity index (χ2v) is 10.4. The SMILES string of the molecule is COc1cc(N2CCC(Oc3ccc(N4C[C@H](C(F)(F)F)C[C@@H]4CC(=O)O)cc3Cl)C(C)C2)c(Cl)cn1. The number of halogens is 5. The molecule has 0 radical (unpaired) electrons. The predicted molar refractivity (Wildman–Crippen MR) is 135 cm³/mol. The molecule has 0 saturated carbocycles. The summed E-state index contributed by atoms with van der Waals surface area (Å²) in [5.41, 5.74) is 1.28. The third kappa shape index (κ3) is 6.29. The van der Waals surface area contributed by atoms with Gasteiger partial charge in [-0.3, -0.25) is 4.79 Å². The van der Waals surface area contributed by atoms with Gasteiger partial charge in [0.15, 0.2) is 0 Å². The number of ether oxygens (including phenoxy) is 2. The van der Waals surface area contributed by atoms with Crippen LogP contribution in [-0.2, 0) is 4.79 Å². The van der Waals surface area contributed by atoms with Crippen molar-refractivity contribution >= 4 is 40.5 Å². The molecule has 12 heteroatoms. The van der Waals surface area contributed by atoms with Crippen molar-refractivity contribution in [2.45, 2.75) is 44.5 Å². The normalized spacial score (nSPS) is 24.3. The van der Waals surface area contributed by atoms with E-state index in [1.807, 2.05) is 0 Å². The van der Waals surface area contributed by atoms with Gasteiger partial charge < -0.3 is 24.4 Å². The second kappa shape index (κ2) is 11.0. The molecule has 1 N–H and O–H groups in total. The Morgan fingerprint density at radius 3 is 2.59 bits per heavy atom. The summed E-state index contributed by atoms with van der Waals surface area (Å²) in [6.45, 7) is 3.11. The number of carbonyl (C=O) groups is 1. The largest absolute Gasteiger partial charge is 0.488 e. The number of rotatable bonds is 7. The van der Waals surface area contributed by atoms with E-state index in [4.69, 9.17) is 32.7 Å². The molecule has 3 heterocycles. The van der Waals surface area contributed by atoms with Crippen LogP contribution < -0.4 is 19.3 Å². The number of nitrogens with zero attached hydrogens (tertiary/aromatic N) is 3. The first-order valence-corrected chi connectivity index (χ1v) is 12.7. The average Bonchev–Trinajstić information content (AvgIpc) is 3.25. The highest BCUT2D eigenvalue weighted by Crippen LogP contribution is 2.42. The highest BCUT2D eigenvalue weighted by molar-refractivity contribution is 6.33. The number of aliphatic carboxylic acids is 1. The van der Waals surface area contributed by atoms with Crippen molar-refractivity contribution in [2.24, 2.45) is 11.8 Å². The van der Waals surface area contributed by atoms with Crippen molar-refractivity contribution in [2.75, 3.05) is 36.5 Å². The molecule has 0 aliphatic carbocycles. The summed E-state index contributed by atoms with van der Waals surface area (Å²) in [4.78, 5) is 19.0. The Bertz CT molecular complexity index is 1140. The van der Waals surface area contributed by atoms with Crippen LogP contribution in [0, 0.1) is 11.8 Å². The highest BCUT2D eigenvalue weighted by atomic mass is 35.5. The molecule has 1 aromatic heterocycles. The minimum Gasteiger partial charge on any atom is -0.488 e. The molecule has 2 unspecified atom stereocenters. The number of carboxylic acid groups (broad SMARTS) is 1. The quantitative estimate of drug-likeness (QED) is 0.449. The molecule has 2 aliphatic rings. The van der Waals surface area contributed by atoms with E-state index < -0.39 is 24.1 Å². The zero-order valence-electron chi connectivity index (χ0n) is 20.3. The molecule has 2 saturated heterocycles. The summed E-state index contributed by atoms with van der Waals surface area (Å²) < 4.78 is 51.5. The first-order valence-electron chi connectivity index (χ1n) is 11.9. The van der Waals surface area contributed by atoms with Gasteiger partial charge >= 0.3 is 12.1 Å². The van der Waals surface area contributed by atoms with E-state index in [0.717, 1.165) is 5.69 Å². The molecule has 4 rings (SSSR count). The second-order valence-electron chi connectivity index (χ2n) is 9.54. The number of methoxy groups -OCH3 is 1. The van der Waals surface area contributed by atoms with Crippen LogP contribution in [0.25, 0.3) is 0 Å². The van der Waals surface area contributed by atoms with Crippen LogP contribution in [0.2, 0.25) is 10.0 Å². The van der Waals surface area contributed by atoms with Gasteiger partial charge in [0.2, 0.25) is 5.88 Å². The fourth-order valence-corrected chi connectivity index (χ4v) is 5.52. The minimum absolute atomic E-state index is 0.116. The van der Waals surface area contributed by atoms with Crippen LogP contribution in [0.5, 0.6) is 11.6 Å².